The van der Waals surface area contributed by atoms with Gasteiger partial charge >= 0.3 is 0 Å². The normalized spacial score (nSPS) is 9.52. The number of nitrogens with one attached hydrogen (secondary N) is 1. The lowest BCUT2D eigenvalue weighted by molar-refractivity contribution is 0.568. The third-order valence-corrected chi connectivity index (χ3v) is 4.18. The maximum atomic E-state index is 8.75. The van der Waals surface area contributed by atoms with Gasteiger partial charge in [-0.05, 0) is 55.3 Å². The third kappa shape index (κ3) is 5.31. The highest BCUT2D eigenvalue weighted by molar-refractivity contribution is 6.32. The van der Waals surface area contributed by atoms with Crippen molar-refractivity contribution in [2.75, 3.05) is 11.9 Å². The van der Waals surface area contributed by atoms with Crippen LogP contribution in [-0.2, 0) is 0 Å². The molecule has 0 unspecified atom stereocenters. The molecule has 2 aromatic carbocycles. The van der Waals surface area contributed by atoms with Gasteiger partial charge in [-0.2, -0.15) is 10.5 Å². The molecule has 0 saturated heterocycles. The van der Waals surface area contributed by atoms with Gasteiger partial charge in [0, 0.05) is 17.8 Å². The first kappa shape index (κ1) is 20.0. The summed E-state index contributed by atoms with van der Waals surface area (Å²) in [4.78, 5) is 0. The smallest absolute Gasteiger partial charge is 0.247 e. The Morgan fingerprint density at radius 3 is 2.41 bits per heavy atom. The van der Waals surface area contributed by atoms with Crippen LogP contribution < -0.4 is 5.32 Å². The summed E-state index contributed by atoms with van der Waals surface area (Å²) in [5.74, 6) is 0.462. The van der Waals surface area contributed by atoms with E-state index in [1.165, 1.54) is 6.39 Å². The first-order valence-electron chi connectivity index (χ1n) is 8.30. The van der Waals surface area contributed by atoms with Gasteiger partial charge in [-0.15, -0.1) is 10.2 Å². The average Bonchev–Trinajstić information content (AvgIpc) is 3.25. The Kier molecular flexibility index (Phi) is 7.37. The van der Waals surface area contributed by atoms with Gasteiger partial charge < -0.3 is 9.73 Å². The van der Waals surface area contributed by atoms with Crippen molar-refractivity contribution in [1.29, 1.82) is 10.5 Å². The Morgan fingerprint density at radius 1 is 1.11 bits per heavy atom. The van der Waals surface area contributed by atoms with Crippen molar-refractivity contribution < 1.29 is 4.42 Å². The number of halogens is 1. The van der Waals surface area contributed by atoms with Crippen molar-refractivity contribution in [1.82, 2.24) is 10.2 Å². The first-order chi connectivity index (χ1) is 13.1. The molecule has 0 aliphatic heterocycles. The van der Waals surface area contributed by atoms with Gasteiger partial charge in [0.2, 0.25) is 12.3 Å². The summed E-state index contributed by atoms with van der Waals surface area (Å²) < 4.78 is 4.99. The lowest BCUT2D eigenvalue weighted by Crippen LogP contribution is -2.02. The van der Waals surface area contributed by atoms with E-state index in [-0.39, 0.29) is 0 Å². The van der Waals surface area contributed by atoms with E-state index in [9.17, 15) is 0 Å². The minimum absolute atomic E-state index is 0.462. The number of nitrogens with zero attached hydrogens (tertiary/aromatic N) is 4. The molecule has 0 fully saturated rings. The van der Waals surface area contributed by atoms with Crippen molar-refractivity contribution in [3.05, 3.63) is 64.5 Å². The van der Waals surface area contributed by atoms with E-state index in [2.05, 4.69) is 28.5 Å². The second kappa shape index (κ2) is 9.96. The number of rotatable bonds is 4. The summed E-state index contributed by atoms with van der Waals surface area (Å²) >= 11 is 6.01. The second-order valence-corrected chi connectivity index (χ2v) is 5.95. The molecule has 0 aliphatic rings. The monoisotopic (exact) mass is 379 g/mol. The molecule has 1 heterocycles. The fraction of sp³-hybridized carbons (Fsp3) is 0.200. The van der Waals surface area contributed by atoms with Gasteiger partial charge in [0.05, 0.1) is 22.2 Å². The molecule has 1 aromatic heterocycles. The highest BCUT2D eigenvalue weighted by Gasteiger charge is 2.06. The number of hydrogen-bond donors (Lipinski definition) is 1. The molecule has 1 N–H and O–H groups in total. The maximum absolute atomic E-state index is 8.75. The fourth-order valence-corrected chi connectivity index (χ4v) is 2.42. The van der Waals surface area contributed by atoms with Crippen molar-refractivity contribution in [2.24, 2.45) is 0 Å². The van der Waals surface area contributed by atoms with E-state index in [0.29, 0.717) is 22.0 Å². The molecule has 0 radical (unpaired) electrons. The van der Waals surface area contributed by atoms with E-state index in [0.717, 1.165) is 29.8 Å². The van der Waals surface area contributed by atoms with Gasteiger partial charge in [0.1, 0.15) is 6.07 Å². The molecule has 6 nitrogen and oxygen atoms in total. The zero-order valence-electron chi connectivity index (χ0n) is 15.0. The molecule has 0 amide bonds. The highest BCUT2D eigenvalue weighted by Crippen LogP contribution is 2.26. The largest absolute Gasteiger partial charge is 0.423 e. The van der Waals surface area contributed by atoms with Crippen LogP contribution >= 0.6 is 11.6 Å². The molecule has 0 bridgehead atoms. The van der Waals surface area contributed by atoms with Gasteiger partial charge in [0.15, 0.2) is 0 Å². The fourth-order valence-electron chi connectivity index (χ4n) is 2.21. The molecule has 0 aliphatic carbocycles. The van der Waals surface area contributed by atoms with Crippen LogP contribution in [0.1, 0.15) is 30.0 Å². The minimum Gasteiger partial charge on any atom is -0.423 e. The zero-order valence-corrected chi connectivity index (χ0v) is 15.8. The number of nitriles is 2. The van der Waals surface area contributed by atoms with E-state index in [1.54, 1.807) is 30.3 Å². The standard InChI is InChI=1S/C11H13ClN2.C9H5N3O/c1-3-6-14-10-5-4-9(7-13)11(12)8(10)2;10-5-7-1-3-8(4-2-7)9-12-11-6-13-9/h4-5,14H,3,6H2,1-2H3;1-4,6H. The van der Waals surface area contributed by atoms with Crippen LogP contribution in [0.15, 0.2) is 47.2 Å². The molecule has 7 heteroatoms. The molecule has 136 valence electrons. The number of benzene rings is 2. The summed E-state index contributed by atoms with van der Waals surface area (Å²) in [6, 6.07) is 14.7. The Labute approximate surface area is 163 Å². The summed E-state index contributed by atoms with van der Waals surface area (Å²) in [5, 5.41) is 28.4. The summed E-state index contributed by atoms with van der Waals surface area (Å²) in [7, 11) is 0. The lowest BCUT2D eigenvalue weighted by Gasteiger charge is -2.10. The second-order valence-electron chi connectivity index (χ2n) is 5.57. The molecule has 3 rings (SSSR count). The topological polar surface area (TPSA) is 98.5 Å². The maximum Gasteiger partial charge on any atom is 0.247 e. The highest BCUT2D eigenvalue weighted by atomic mass is 35.5. The summed E-state index contributed by atoms with van der Waals surface area (Å²) in [6.45, 7) is 4.94. The van der Waals surface area contributed by atoms with Crippen molar-refractivity contribution >= 4 is 17.3 Å². The lowest BCUT2D eigenvalue weighted by atomic mass is 10.1. The van der Waals surface area contributed by atoms with Crippen LogP contribution in [0.3, 0.4) is 0 Å². The van der Waals surface area contributed by atoms with Crippen molar-refractivity contribution in [3.63, 3.8) is 0 Å². The number of aromatic nitrogens is 2. The summed E-state index contributed by atoms with van der Waals surface area (Å²) in [5.41, 5.74) is 3.92. The average molecular weight is 380 g/mol. The minimum atomic E-state index is 0.462. The number of anilines is 1. The van der Waals surface area contributed by atoms with Crippen LogP contribution in [0.25, 0.3) is 11.5 Å². The van der Waals surface area contributed by atoms with E-state index in [1.807, 2.05) is 19.1 Å². The van der Waals surface area contributed by atoms with Crippen LogP contribution in [0.4, 0.5) is 5.69 Å². The predicted octanol–water partition coefficient (Wildman–Crippen LogP) is 4.95. The van der Waals surface area contributed by atoms with Crippen molar-refractivity contribution in [2.45, 2.75) is 20.3 Å². The van der Waals surface area contributed by atoms with E-state index >= 15 is 0 Å². The van der Waals surface area contributed by atoms with E-state index in [4.69, 9.17) is 26.5 Å². The summed E-state index contributed by atoms with van der Waals surface area (Å²) in [6.07, 6.45) is 2.34. The van der Waals surface area contributed by atoms with Crippen LogP contribution in [-0.4, -0.2) is 16.7 Å². The Hall–Kier alpha value is -3.35. The Morgan fingerprint density at radius 2 is 1.85 bits per heavy atom. The van der Waals surface area contributed by atoms with Crippen LogP contribution in [0, 0.1) is 29.6 Å². The molecule has 0 spiro atoms. The molecular weight excluding hydrogens is 362 g/mol. The molecule has 0 atom stereocenters. The zero-order chi connectivity index (χ0) is 19.6. The molecule has 27 heavy (non-hydrogen) atoms. The quantitative estimate of drug-likeness (QED) is 0.688. The molecule has 3 aromatic rings. The van der Waals surface area contributed by atoms with Gasteiger partial charge in [0.25, 0.3) is 0 Å². The molecule has 0 saturated carbocycles. The van der Waals surface area contributed by atoms with Gasteiger partial charge in [-0.3, -0.25) is 0 Å². The Bertz CT molecular complexity index is 954. The van der Waals surface area contributed by atoms with Gasteiger partial charge in [-0.1, -0.05) is 18.5 Å². The van der Waals surface area contributed by atoms with Gasteiger partial charge in [-0.25, -0.2) is 0 Å². The predicted molar refractivity (Wildman–Crippen MR) is 104 cm³/mol. The Balaban J connectivity index is 0.000000194. The SMILES string of the molecule is CCCNc1ccc(C#N)c(Cl)c1C.N#Cc1ccc(-c2nnco2)cc1. The van der Waals surface area contributed by atoms with Crippen LogP contribution in [0.2, 0.25) is 5.02 Å². The molecular formula is C20H18ClN5O. The number of hydrogen-bond acceptors (Lipinski definition) is 6. The van der Waals surface area contributed by atoms with Crippen molar-refractivity contribution in [3.8, 4) is 23.6 Å². The van der Waals surface area contributed by atoms with Crippen LogP contribution in [0.5, 0.6) is 0 Å². The third-order valence-electron chi connectivity index (χ3n) is 3.69. The first-order valence-corrected chi connectivity index (χ1v) is 8.68. The van der Waals surface area contributed by atoms with E-state index < -0.39 is 0 Å².